The second-order valence-corrected chi connectivity index (χ2v) is 5.58. The summed E-state index contributed by atoms with van der Waals surface area (Å²) in [5, 5.41) is 14.6. The van der Waals surface area contributed by atoms with Crippen molar-refractivity contribution in [2.24, 2.45) is 0 Å². The van der Waals surface area contributed by atoms with Crippen molar-refractivity contribution < 1.29 is 9.84 Å². The summed E-state index contributed by atoms with van der Waals surface area (Å²) in [7, 11) is 1.68. The zero-order valence-electron chi connectivity index (χ0n) is 10.7. The third-order valence-corrected chi connectivity index (χ3v) is 4.07. The smallest absolute Gasteiger partial charge is 0.101 e. The zero-order chi connectivity index (χ0) is 13.0. The van der Waals surface area contributed by atoms with Gasteiger partial charge in [-0.1, -0.05) is 18.2 Å². The monoisotopic (exact) mass is 265 g/mol. The summed E-state index contributed by atoms with van der Waals surface area (Å²) in [6, 6.07) is 10.5. The Balaban J connectivity index is 1.98. The molecule has 0 amide bonds. The molecule has 1 aromatic carbocycles. The fraction of sp³-hybridized carbons (Fsp3) is 0.429. The SMILES string of the molecule is COC[C@@H](C)NC[C@H](O)c1cc2ccccc2s1. The maximum atomic E-state index is 10.1. The van der Waals surface area contributed by atoms with E-state index in [0.717, 1.165) is 4.88 Å². The number of thiophene rings is 1. The fourth-order valence-electron chi connectivity index (χ4n) is 1.89. The lowest BCUT2D eigenvalue weighted by Gasteiger charge is -2.15. The molecule has 0 spiro atoms. The van der Waals surface area contributed by atoms with E-state index in [4.69, 9.17) is 4.74 Å². The highest BCUT2D eigenvalue weighted by molar-refractivity contribution is 7.19. The Morgan fingerprint density at radius 3 is 2.89 bits per heavy atom. The molecule has 0 bridgehead atoms. The lowest BCUT2D eigenvalue weighted by molar-refractivity contribution is 0.145. The first kappa shape index (κ1) is 13.5. The van der Waals surface area contributed by atoms with E-state index in [9.17, 15) is 5.11 Å². The zero-order valence-corrected chi connectivity index (χ0v) is 11.5. The summed E-state index contributed by atoms with van der Waals surface area (Å²) in [6.45, 7) is 3.25. The van der Waals surface area contributed by atoms with Gasteiger partial charge in [-0.25, -0.2) is 0 Å². The number of nitrogens with one attached hydrogen (secondary N) is 1. The molecule has 4 heteroatoms. The van der Waals surface area contributed by atoms with Crippen LogP contribution >= 0.6 is 11.3 Å². The number of rotatable bonds is 6. The van der Waals surface area contributed by atoms with Crippen molar-refractivity contribution in [3.63, 3.8) is 0 Å². The van der Waals surface area contributed by atoms with E-state index < -0.39 is 6.10 Å². The van der Waals surface area contributed by atoms with Gasteiger partial charge in [-0.2, -0.15) is 0 Å². The number of hydrogen-bond donors (Lipinski definition) is 2. The first-order valence-corrected chi connectivity index (χ1v) is 6.91. The maximum absolute atomic E-state index is 10.1. The van der Waals surface area contributed by atoms with Gasteiger partial charge in [0.05, 0.1) is 6.61 Å². The van der Waals surface area contributed by atoms with Gasteiger partial charge in [0.15, 0.2) is 0 Å². The molecule has 0 aliphatic heterocycles. The lowest BCUT2D eigenvalue weighted by atomic mass is 10.2. The predicted molar refractivity (Wildman–Crippen MR) is 76.1 cm³/mol. The van der Waals surface area contributed by atoms with E-state index >= 15 is 0 Å². The van der Waals surface area contributed by atoms with Gasteiger partial charge in [0, 0.05) is 29.3 Å². The summed E-state index contributed by atoms with van der Waals surface area (Å²) in [6.07, 6.45) is -0.457. The van der Waals surface area contributed by atoms with Gasteiger partial charge in [0.1, 0.15) is 6.10 Å². The van der Waals surface area contributed by atoms with Crippen LogP contribution in [0.2, 0.25) is 0 Å². The van der Waals surface area contributed by atoms with Gasteiger partial charge in [-0.15, -0.1) is 11.3 Å². The van der Waals surface area contributed by atoms with Crippen molar-refractivity contribution in [1.82, 2.24) is 5.32 Å². The largest absolute Gasteiger partial charge is 0.386 e. The molecular weight excluding hydrogens is 246 g/mol. The molecule has 2 aromatic rings. The predicted octanol–water partition coefficient (Wildman–Crippen LogP) is 2.56. The number of fused-ring (bicyclic) bond motifs is 1. The van der Waals surface area contributed by atoms with E-state index in [1.165, 1.54) is 10.1 Å². The highest BCUT2D eigenvalue weighted by Crippen LogP contribution is 2.29. The van der Waals surface area contributed by atoms with Crippen LogP contribution in [-0.2, 0) is 4.74 Å². The summed E-state index contributed by atoms with van der Waals surface area (Å²) in [5.41, 5.74) is 0. The molecular formula is C14H19NO2S. The Kier molecular flexibility index (Phi) is 4.72. The second kappa shape index (κ2) is 6.29. The summed E-state index contributed by atoms with van der Waals surface area (Å²) in [5.74, 6) is 0. The van der Waals surface area contributed by atoms with E-state index in [-0.39, 0.29) is 6.04 Å². The van der Waals surface area contributed by atoms with E-state index in [1.54, 1.807) is 18.4 Å². The first-order valence-electron chi connectivity index (χ1n) is 6.09. The normalized spacial score (nSPS) is 14.8. The minimum absolute atomic E-state index is 0.249. The first-order chi connectivity index (χ1) is 8.70. The molecule has 0 saturated carbocycles. The van der Waals surface area contributed by atoms with Crippen LogP contribution < -0.4 is 5.32 Å². The summed E-state index contributed by atoms with van der Waals surface area (Å²) in [4.78, 5) is 1.01. The van der Waals surface area contributed by atoms with E-state index in [1.807, 2.05) is 19.1 Å². The molecule has 1 heterocycles. The maximum Gasteiger partial charge on any atom is 0.101 e. The van der Waals surface area contributed by atoms with Gasteiger partial charge in [0.25, 0.3) is 0 Å². The molecule has 0 aliphatic rings. The summed E-state index contributed by atoms with van der Waals surface area (Å²) >= 11 is 1.65. The number of aliphatic hydroxyl groups excluding tert-OH is 1. The van der Waals surface area contributed by atoms with Gasteiger partial charge < -0.3 is 15.2 Å². The third kappa shape index (κ3) is 3.29. The molecule has 1 aromatic heterocycles. The van der Waals surface area contributed by atoms with Crippen molar-refractivity contribution in [2.75, 3.05) is 20.3 Å². The second-order valence-electron chi connectivity index (χ2n) is 4.47. The van der Waals surface area contributed by atoms with Crippen LogP contribution in [0.15, 0.2) is 30.3 Å². The Labute approximate surface area is 111 Å². The van der Waals surface area contributed by atoms with Gasteiger partial charge in [0.2, 0.25) is 0 Å². The van der Waals surface area contributed by atoms with Crippen LogP contribution in [0.25, 0.3) is 10.1 Å². The Morgan fingerprint density at radius 1 is 1.39 bits per heavy atom. The molecule has 98 valence electrons. The molecule has 3 nitrogen and oxygen atoms in total. The third-order valence-electron chi connectivity index (χ3n) is 2.85. The van der Waals surface area contributed by atoms with Gasteiger partial charge in [-0.3, -0.25) is 0 Å². The van der Waals surface area contributed by atoms with Gasteiger partial charge in [-0.05, 0) is 24.4 Å². The average molecular weight is 265 g/mol. The van der Waals surface area contributed by atoms with E-state index in [2.05, 4.69) is 23.5 Å². The molecule has 0 radical (unpaired) electrons. The Morgan fingerprint density at radius 2 is 2.17 bits per heavy atom. The van der Waals surface area contributed by atoms with Crippen LogP contribution in [0.4, 0.5) is 0 Å². The van der Waals surface area contributed by atoms with Crippen molar-refractivity contribution in [3.8, 4) is 0 Å². The average Bonchev–Trinajstić information content (AvgIpc) is 2.80. The standard InChI is InChI=1S/C14H19NO2S/c1-10(9-17-2)15-8-12(16)14-7-11-5-3-4-6-13(11)18-14/h3-7,10,12,15-16H,8-9H2,1-2H3/t10-,12+/m1/s1. The highest BCUT2D eigenvalue weighted by atomic mass is 32.1. The summed E-state index contributed by atoms with van der Waals surface area (Å²) < 4.78 is 6.27. The Hall–Kier alpha value is -0.940. The molecule has 0 saturated heterocycles. The van der Waals surface area contributed by atoms with Crippen LogP contribution in [0.5, 0.6) is 0 Å². The molecule has 2 atom stereocenters. The van der Waals surface area contributed by atoms with Crippen LogP contribution in [0.3, 0.4) is 0 Å². The molecule has 2 rings (SSSR count). The number of hydrogen-bond acceptors (Lipinski definition) is 4. The van der Waals surface area contributed by atoms with Crippen molar-refractivity contribution in [1.29, 1.82) is 0 Å². The quantitative estimate of drug-likeness (QED) is 0.843. The number of benzene rings is 1. The molecule has 2 N–H and O–H groups in total. The minimum atomic E-state index is -0.457. The molecule has 18 heavy (non-hydrogen) atoms. The number of aliphatic hydroxyl groups is 1. The van der Waals surface area contributed by atoms with Gasteiger partial charge >= 0.3 is 0 Å². The van der Waals surface area contributed by atoms with Crippen molar-refractivity contribution in [3.05, 3.63) is 35.2 Å². The van der Waals surface area contributed by atoms with Crippen molar-refractivity contribution >= 4 is 21.4 Å². The fourth-order valence-corrected chi connectivity index (χ4v) is 2.94. The highest BCUT2D eigenvalue weighted by Gasteiger charge is 2.12. The van der Waals surface area contributed by atoms with Crippen LogP contribution in [0.1, 0.15) is 17.9 Å². The molecule has 0 aliphatic carbocycles. The molecule has 0 fully saturated rings. The van der Waals surface area contributed by atoms with E-state index in [0.29, 0.717) is 13.2 Å². The Bertz CT molecular complexity index is 464. The van der Waals surface area contributed by atoms with Crippen LogP contribution in [-0.4, -0.2) is 31.4 Å². The minimum Gasteiger partial charge on any atom is -0.386 e. The number of methoxy groups -OCH3 is 1. The molecule has 0 unspecified atom stereocenters. The van der Waals surface area contributed by atoms with Crippen molar-refractivity contribution in [2.45, 2.75) is 19.1 Å². The topological polar surface area (TPSA) is 41.5 Å². The lowest BCUT2D eigenvalue weighted by Crippen LogP contribution is -2.33. The number of ether oxygens (including phenoxy) is 1. The van der Waals surface area contributed by atoms with Crippen LogP contribution in [0, 0.1) is 0 Å².